The molecule has 14 heteroatoms. The molecule has 0 saturated heterocycles. The van der Waals surface area contributed by atoms with Crippen LogP contribution < -0.4 is 0 Å². The van der Waals surface area contributed by atoms with Gasteiger partial charge in [0.2, 0.25) is 0 Å². The molecule has 0 saturated carbocycles. The highest BCUT2D eigenvalue weighted by Gasteiger charge is 2.27. The van der Waals surface area contributed by atoms with Gasteiger partial charge in [0, 0.05) is 50.8 Å². The molecule has 48 heavy (non-hydrogen) atoms. The number of nitro benzene ring substituents is 2. The van der Waals surface area contributed by atoms with Gasteiger partial charge in [-0.15, -0.1) is 0 Å². The lowest BCUT2D eigenvalue weighted by Gasteiger charge is -2.17. The van der Waals surface area contributed by atoms with Crippen molar-refractivity contribution < 1.29 is 38.4 Å². The van der Waals surface area contributed by atoms with E-state index in [-0.39, 0.29) is 52.6 Å². The Bertz CT molecular complexity index is 1890. The Morgan fingerprint density at radius 2 is 1.04 bits per heavy atom. The molecular formula is C34H24Br2N2O10. The number of carbonyl (C=O) groups excluding carboxylic acids is 3. The second-order valence-corrected chi connectivity index (χ2v) is 11.8. The average Bonchev–Trinajstić information content (AvgIpc) is 3.08. The zero-order chi connectivity index (χ0) is 34.8. The Morgan fingerprint density at radius 1 is 0.625 bits per heavy atom. The van der Waals surface area contributed by atoms with Crippen LogP contribution in [0.5, 0.6) is 0 Å². The number of non-ortho nitro benzene ring substituents is 2. The maximum atomic E-state index is 13.7. The highest BCUT2D eigenvalue weighted by Crippen LogP contribution is 2.30. The number of nitrogens with zero attached hydrogens (tertiary/aromatic N) is 2. The third-order valence-corrected chi connectivity index (χ3v) is 7.67. The van der Waals surface area contributed by atoms with Gasteiger partial charge in [-0.05, 0) is 59.7 Å². The zero-order valence-corrected chi connectivity index (χ0v) is 28.0. The van der Waals surface area contributed by atoms with E-state index >= 15 is 0 Å². The number of hydrogen-bond acceptors (Lipinski definition) is 10. The van der Waals surface area contributed by atoms with Crippen molar-refractivity contribution in [3.05, 3.63) is 166 Å². The van der Waals surface area contributed by atoms with Crippen LogP contribution in [0.2, 0.25) is 0 Å². The third-order valence-electron chi connectivity index (χ3n) is 6.61. The molecule has 0 bridgehead atoms. The molecule has 0 aromatic heterocycles. The number of rotatable bonds is 13. The van der Waals surface area contributed by atoms with E-state index < -0.39 is 34.2 Å². The van der Waals surface area contributed by atoms with Gasteiger partial charge in [-0.2, -0.15) is 0 Å². The number of halogens is 2. The Labute approximate surface area is 290 Å². The first-order chi connectivity index (χ1) is 22.9. The lowest BCUT2D eigenvalue weighted by atomic mass is 10.0. The van der Waals surface area contributed by atoms with Crippen molar-refractivity contribution in [2.24, 2.45) is 0 Å². The molecule has 0 amide bonds. The predicted molar refractivity (Wildman–Crippen MR) is 180 cm³/mol. The smallest absolute Gasteiger partial charge is 0.343 e. The largest absolute Gasteiger partial charge is 0.457 e. The van der Waals surface area contributed by atoms with E-state index in [4.69, 9.17) is 14.2 Å². The first kappa shape index (κ1) is 35.4. The highest BCUT2D eigenvalue weighted by molar-refractivity contribution is 9.10. The summed E-state index contributed by atoms with van der Waals surface area (Å²) in [5.74, 6) is -3.22. The normalized spacial score (nSPS) is 11.1. The fourth-order valence-corrected chi connectivity index (χ4v) is 4.61. The van der Waals surface area contributed by atoms with Crippen LogP contribution >= 0.6 is 31.9 Å². The second-order valence-electron chi connectivity index (χ2n) is 9.99. The molecule has 0 aliphatic heterocycles. The van der Waals surface area contributed by atoms with Crippen LogP contribution in [-0.4, -0.2) is 27.8 Å². The lowest BCUT2D eigenvalue weighted by molar-refractivity contribution is -0.385. The second kappa shape index (κ2) is 16.4. The first-order valence-electron chi connectivity index (χ1n) is 13.9. The first-order valence-corrected chi connectivity index (χ1v) is 15.5. The molecule has 0 heterocycles. The molecule has 0 fully saturated rings. The summed E-state index contributed by atoms with van der Waals surface area (Å²) in [4.78, 5) is 61.2. The summed E-state index contributed by atoms with van der Waals surface area (Å²) in [6.45, 7) is 3.50. The Morgan fingerprint density at radius 3 is 1.48 bits per heavy atom. The molecule has 0 aliphatic rings. The lowest BCUT2D eigenvalue weighted by Crippen LogP contribution is -2.17. The number of nitro groups is 2. The number of hydrogen-bond donors (Lipinski definition) is 0. The van der Waals surface area contributed by atoms with Gasteiger partial charge in [0.05, 0.1) is 21.0 Å². The Kier molecular flexibility index (Phi) is 12.1. The van der Waals surface area contributed by atoms with Crippen LogP contribution in [0.15, 0.2) is 124 Å². The summed E-state index contributed by atoms with van der Waals surface area (Å²) < 4.78 is 18.3. The van der Waals surface area contributed by atoms with Crippen LogP contribution in [0, 0.1) is 20.2 Å². The molecule has 12 nitrogen and oxygen atoms in total. The maximum Gasteiger partial charge on any atom is 0.343 e. The molecule has 4 aromatic carbocycles. The van der Waals surface area contributed by atoms with Gasteiger partial charge in [0.15, 0.2) is 0 Å². The van der Waals surface area contributed by atoms with Gasteiger partial charge in [-0.3, -0.25) is 20.2 Å². The Balaban J connectivity index is 1.72. The van der Waals surface area contributed by atoms with Crippen molar-refractivity contribution in [1.29, 1.82) is 0 Å². The summed E-state index contributed by atoms with van der Waals surface area (Å²) in [7, 11) is 0. The van der Waals surface area contributed by atoms with Crippen LogP contribution in [-0.2, 0) is 37.0 Å². The summed E-state index contributed by atoms with van der Waals surface area (Å²) >= 11 is 6.67. The van der Waals surface area contributed by atoms with E-state index in [0.717, 1.165) is 45.3 Å². The van der Waals surface area contributed by atoms with Crippen LogP contribution in [0.1, 0.15) is 33.5 Å². The van der Waals surface area contributed by atoms with Gasteiger partial charge in [-0.1, -0.05) is 62.7 Å². The molecule has 0 N–H and O–H groups in total. The Hall–Kier alpha value is -5.47. The SMILES string of the molecule is C=C(C/C(C(=O)OCc1ccc(Br)cc1)=C(/OC(=O)c1ccc([N+](=O)[O-])cc1)c1ccc([N+](=O)[O-])cc1)C(=O)OCc1ccc(Br)cc1. The van der Waals surface area contributed by atoms with Crippen molar-refractivity contribution in [3.63, 3.8) is 0 Å². The van der Waals surface area contributed by atoms with Gasteiger partial charge in [0.25, 0.3) is 11.4 Å². The van der Waals surface area contributed by atoms with Crippen LogP contribution in [0.3, 0.4) is 0 Å². The minimum absolute atomic E-state index is 0.0579. The van der Waals surface area contributed by atoms with E-state index in [9.17, 15) is 34.6 Å². The number of carbonyl (C=O) groups is 3. The summed E-state index contributed by atoms with van der Waals surface area (Å²) in [6.07, 6.45) is -0.502. The standard InChI is InChI=1S/C34H24Br2N2O10/c1-21(32(39)46-19-22-2-10-26(35)11-3-22)18-30(34(41)47-20-23-4-12-27(36)13-5-23)31(24-6-14-28(15-7-24)37(42)43)48-33(40)25-8-16-29(17-9-25)38(44)45/h2-17H,1,18-20H2/b31-30-. The van der Waals surface area contributed by atoms with Crippen molar-refractivity contribution in [1.82, 2.24) is 0 Å². The van der Waals surface area contributed by atoms with E-state index in [2.05, 4.69) is 38.4 Å². The quantitative estimate of drug-likeness (QED) is 0.0324. The molecule has 4 rings (SSSR count). The fraction of sp³-hybridized carbons (Fsp3) is 0.0882. The minimum atomic E-state index is -1.01. The van der Waals surface area contributed by atoms with E-state index in [0.29, 0.717) is 11.1 Å². The molecule has 0 radical (unpaired) electrons. The van der Waals surface area contributed by atoms with Gasteiger partial charge >= 0.3 is 17.9 Å². The van der Waals surface area contributed by atoms with Crippen LogP contribution in [0.4, 0.5) is 11.4 Å². The molecule has 0 unspecified atom stereocenters. The van der Waals surface area contributed by atoms with Gasteiger partial charge < -0.3 is 14.2 Å². The molecule has 0 atom stereocenters. The van der Waals surface area contributed by atoms with Crippen molar-refractivity contribution >= 4 is 66.9 Å². The van der Waals surface area contributed by atoms with E-state index in [1.54, 1.807) is 48.5 Å². The number of ether oxygens (including phenoxy) is 3. The van der Waals surface area contributed by atoms with Crippen molar-refractivity contribution in [2.75, 3.05) is 0 Å². The van der Waals surface area contributed by atoms with Crippen molar-refractivity contribution in [2.45, 2.75) is 19.6 Å². The number of esters is 3. The number of benzene rings is 4. The fourth-order valence-electron chi connectivity index (χ4n) is 4.08. The summed E-state index contributed by atoms with van der Waals surface area (Å²) in [5.41, 5.74) is 0.215. The minimum Gasteiger partial charge on any atom is -0.457 e. The predicted octanol–water partition coefficient (Wildman–Crippen LogP) is 8.03. The zero-order valence-electron chi connectivity index (χ0n) is 24.8. The molecular weight excluding hydrogens is 756 g/mol. The topological polar surface area (TPSA) is 165 Å². The highest BCUT2D eigenvalue weighted by atomic mass is 79.9. The molecule has 0 spiro atoms. The average molecular weight is 780 g/mol. The molecule has 244 valence electrons. The molecule has 0 aliphatic carbocycles. The van der Waals surface area contributed by atoms with Gasteiger partial charge in [-0.25, -0.2) is 14.4 Å². The van der Waals surface area contributed by atoms with E-state index in [1.165, 1.54) is 12.1 Å². The summed E-state index contributed by atoms with van der Waals surface area (Å²) in [6, 6.07) is 23.3. The van der Waals surface area contributed by atoms with Crippen molar-refractivity contribution in [3.8, 4) is 0 Å². The van der Waals surface area contributed by atoms with Crippen LogP contribution in [0.25, 0.3) is 5.76 Å². The summed E-state index contributed by atoms with van der Waals surface area (Å²) in [5, 5.41) is 22.4. The maximum absolute atomic E-state index is 13.7. The molecule has 4 aromatic rings. The van der Waals surface area contributed by atoms with E-state index in [1.807, 2.05) is 0 Å². The monoisotopic (exact) mass is 778 g/mol. The van der Waals surface area contributed by atoms with Gasteiger partial charge in [0.1, 0.15) is 19.0 Å². The third kappa shape index (κ3) is 9.77.